The maximum absolute atomic E-state index is 12.4. The smallest absolute Gasteiger partial charge is 0.270 e. The highest BCUT2D eigenvalue weighted by atomic mass is 35.5. The van der Waals surface area contributed by atoms with Gasteiger partial charge in [-0.1, -0.05) is 67.9 Å². The summed E-state index contributed by atoms with van der Waals surface area (Å²) in [5.41, 5.74) is 14.7. The minimum absolute atomic E-state index is 0.0144. The zero-order valence-corrected chi connectivity index (χ0v) is 29.9. The lowest BCUT2D eigenvalue weighted by atomic mass is 9.91. The molecule has 5 aromatic heterocycles. The number of nitrogens with one attached hydrogen (secondary N) is 3. The maximum Gasteiger partial charge on any atom is 0.270 e. The van der Waals surface area contributed by atoms with Gasteiger partial charge in [-0.2, -0.15) is 0 Å². The van der Waals surface area contributed by atoms with E-state index in [1.807, 2.05) is 79.3 Å². The summed E-state index contributed by atoms with van der Waals surface area (Å²) in [6.45, 7) is 5.42. The quantitative estimate of drug-likeness (QED) is 0.121. The molecular weight excluding hydrogens is 672 g/mol. The fourth-order valence-electron chi connectivity index (χ4n) is 6.91. The van der Waals surface area contributed by atoms with Gasteiger partial charge in [0.25, 0.3) is 5.91 Å². The molecule has 1 aliphatic rings. The largest absolute Gasteiger partial charge is 0.392 e. The Kier molecular flexibility index (Phi) is 10.2. The number of nitrogens with zero attached hydrogens (tertiary/aromatic N) is 4. The van der Waals surface area contributed by atoms with Gasteiger partial charge in [0, 0.05) is 62.4 Å². The van der Waals surface area contributed by atoms with E-state index in [4.69, 9.17) is 22.4 Å². The molecule has 0 bridgehead atoms. The number of hydrogen-bond acceptors (Lipinski definition) is 6. The molecule has 0 fully saturated rings. The fourth-order valence-corrected chi connectivity index (χ4v) is 7.08. The molecule has 52 heavy (non-hydrogen) atoms. The number of aromatic nitrogens is 6. The van der Waals surface area contributed by atoms with Crippen molar-refractivity contribution in [2.24, 2.45) is 5.92 Å². The van der Waals surface area contributed by atoms with Crippen molar-refractivity contribution in [1.29, 1.82) is 0 Å². The van der Waals surface area contributed by atoms with Crippen molar-refractivity contribution in [3.8, 4) is 0 Å². The second-order valence-electron chi connectivity index (χ2n) is 13.4. The Labute approximate surface area is 306 Å². The van der Waals surface area contributed by atoms with E-state index in [0.29, 0.717) is 17.4 Å². The lowest BCUT2D eigenvalue weighted by molar-refractivity contribution is 0.0927. The minimum Gasteiger partial charge on any atom is -0.392 e. The molecule has 10 nitrogen and oxygen atoms in total. The molecule has 0 spiro atoms. The number of aryl methyl sites for hydroxylation is 1. The number of anilines is 1. The first-order valence-electron chi connectivity index (χ1n) is 17.5. The topological polar surface area (TPSA) is 151 Å². The van der Waals surface area contributed by atoms with E-state index in [0.717, 1.165) is 85.8 Å². The predicted octanol–water partition coefficient (Wildman–Crippen LogP) is 8.51. The molecule has 1 amide bonds. The van der Waals surface area contributed by atoms with E-state index in [-0.39, 0.29) is 18.6 Å². The van der Waals surface area contributed by atoms with Gasteiger partial charge < -0.3 is 30.7 Å². The lowest BCUT2D eigenvalue weighted by Crippen LogP contribution is -2.31. The molecule has 9 rings (SSSR count). The van der Waals surface area contributed by atoms with Crippen LogP contribution in [0.4, 0.5) is 5.82 Å². The Morgan fingerprint density at radius 2 is 1.79 bits per heavy atom. The number of nitrogens with two attached hydrogens (primary N) is 1. The first kappa shape index (κ1) is 34.7. The van der Waals surface area contributed by atoms with Crippen LogP contribution in [0.15, 0.2) is 104 Å². The molecule has 11 heteroatoms. The van der Waals surface area contributed by atoms with Crippen LogP contribution in [-0.4, -0.2) is 40.5 Å². The Morgan fingerprint density at radius 3 is 2.58 bits per heavy atom. The lowest BCUT2D eigenvalue weighted by Gasteiger charge is -2.23. The second kappa shape index (κ2) is 15.3. The molecule has 3 aromatic carbocycles. The first-order chi connectivity index (χ1) is 25.3. The average molecular weight is 713 g/mol. The van der Waals surface area contributed by atoms with E-state index in [1.54, 1.807) is 18.3 Å². The third kappa shape index (κ3) is 7.21. The van der Waals surface area contributed by atoms with Crippen LogP contribution in [0, 0.1) is 5.92 Å². The predicted molar refractivity (Wildman–Crippen MR) is 209 cm³/mol. The van der Waals surface area contributed by atoms with Crippen LogP contribution in [0.5, 0.6) is 0 Å². The van der Waals surface area contributed by atoms with Gasteiger partial charge >= 0.3 is 0 Å². The third-order valence-electron chi connectivity index (χ3n) is 9.26. The summed E-state index contributed by atoms with van der Waals surface area (Å²) in [5, 5.41) is 16.1. The molecule has 1 atom stereocenters. The van der Waals surface area contributed by atoms with Crippen molar-refractivity contribution >= 4 is 67.1 Å². The summed E-state index contributed by atoms with van der Waals surface area (Å²) >= 11 is 6.13. The summed E-state index contributed by atoms with van der Waals surface area (Å²) < 4.78 is 2.17. The number of aliphatic hydroxyl groups is 1. The molecule has 0 aliphatic heterocycles. The summed E-state index contributed by atoms with van der Waals surface area (Å²) in [5.74, 6) is 0.932. The van der Waals surface area contributed by atoms with Gasteiger partial charge in [-0.3, -0.25) is 9.78 Å². The summed E-state index contributed by atoms with van der Waals surface area (Å²) in [7, 11) is 0. The standard InChI is InChI=1S/C18H16ClN3O.C14H16N4.C9H9NO/c19-11-7-8-14-13(10-11)12-4-3-6-15(17(12)21-14)22-18(23)16-5-1-2-9-20-16;1-9(2)7-18-8-16-12-13(18)10-5-3-4-6-11(10)17-14(12)15;11-6-7-5-10-9-4-2-1-3-8(7)9/h1-2,5,7-10,15,21H,3-4,6H2,(H,22,23);3-6,8-9H,7H2,1-2H3,(H2,15,17);1-5,10-11H,6H2/t15-;;/m1../s1. The van der Waals surface area contributed by atoms with Crippen LogP contribution in [-0.2, 0) is 19.6 Å². The van der Waals surface area contributed by atoms with Crippen LogP contribution in [0.3, 0.4) is 0 Å². The van der Waals surface area contributed by atoms with Gasteiger partial charge in [0.1, 0.15) is 11.2 Å². The van der Waals surface area contributed by atoms with Crippen molar-refractivity contribution in [2.45, 2.75) is 52.3 Å². The minimum atomic E-state index is -0.139. The first-order valence-corrected chi connectivity index (χ1v) is 17.8. The molecule has 0 unspecified atom stereocenters. The number of imidazole rings is 1. The number of pyridine rings is 2. The van der Waals surface area contributed by atoms with Crippen molar-refractivity contribution in [1.82, 2.24) is 34.8 Å². The van der Waals surface area contributed by atoms with Crippen LogP contribution in [0.1, 0.15) is 60.0 Å². The second-order valence-corrected chi connectivity index (χ2v) is 13.8. The number of aromatic amines is 2. The van der Waals surface area contributed by atoms with Gasteiger partial charge in [0.15, 0.2) is 5.82 Å². The van der Waals surface area contributed by atoms with Crippen molar-refractivity contribution in [3.05, 3.63) is 131 Å². The SMILES string of the molecule is CC(C)Cn1cnc2c(N)nc3ccccc3c21.O=C(N[C@@H]1CCCc2c1[nH]c1ccc(Cl)cc21)c1ccccn1.OCc1c[nH]c2ccccc12. The Hall–Kier alpha value is -5.71. The van der Waals surface area contributed by atoms with Crippen LogP contribution >= 0.6 is 11.6 Å². The molecule has 264 valence electrons. The van der Waals surface area contributed by atoms with Crippen molar-refractivity contribution in [2.75, 3.05) is 5.73 Å². The Balaban J connectivity index is 0.000000129. The Bertz CT molecular complexity index is 2480. The number of rotatable bonds is 5. The number of fused-ring (bicyclic) bond motifs is 7. The number of halogens is 1. The van der Waals surface area contributed by atoms with Crippen LogP contribution < -0.4 is 11.1 Å². The fraction of sp³-hybridized carbons (Fsp3) is 0.220. The van der Waals surface area contributed by atoms with E-state index in [1.165, 1.54) is 5.56 Å². The molecular formula is C41H41ClN8O2. The van der Waals surface area contributed by atoms with E-state index in [2.05, 4.69) is 54.7 Å². The zero-order chi connectivity index (χ0) is 36.2. The normalized spacial score (nSPS) is 13.8. The molecule has 0 saturated heterocycles. The molecule has 6 N–H and O–H groups in total. The van der Waals surface area contributed by atoms with Crippen molar-refractivity contribution < 1.29 is 9.90 Å². The monoisotopic (exact) mass is 712 g/mol. The van der Waals surface area contributed by atoms with Crippen molar-refractivity contribution in [3.63, 3.8) is 0 Å². The maximum atomic E-state index is 12.4. The number of hydrogen-bond donors (Lipinski definition) is 5. The number of aliphatic hydroxyl groups excluding tert-OH is 1. The summed E-state index contributed by atoms with van der Waals surface area (Å²) in [4.78, 5) is 31.8. The number of nitrogen functional groups attached to an aromatic ring is 1. The van der Waals surface area contributed by atoms with Crippen LogP contribution in [0.25, 0.3) is 43.7 Å². The summed E-state index contributed by atoms with van der Waals surface area (Å²) in [6, 6.07) is 27.2. The van der Waals surface area contributed by atoms with E-state index >= 15 is 0 Å². The molecule has 0 radical (unpaired) electrons. The number of benzene rings is 3. The van der Waals surface area contributed by atoms with E-state index in [9.17, 15) is 4.79 Å². The van der Waals surface area contributed by atoms with Gasteiger partial charge in [-0.05, 0) is 73.2 Å². The molecule has 5 heterocycles. The van der Waals surface area contributed by atoms with Gasteiger partial charge in [-0.15, -0.1) is 0 Å². The molecule has 1 aliphatic carbocycles. The number of carbonyl (C=O) groups is 1. The number of carbonyl (C=O) groups excluding carboxylic acids is 1. The van der Waals surface area contributed by atoms with Gasteiger partial charge in [0.2, 0.25) is 0 Å². The zero-order valence-electron chi connectivity index (χ0n) is 29.1. The van der Waals surface area contributed by atoms with Crippen LogP contribution in [0.2, 0.25) is 5.02 Å². The third-order valence-corrected chi connectivity index (χ3v) is 9.49. The Morgan fingerprint density at radius 1 is 1.00 bits per heavy atom. The number of amides is 1. The number of H-pyrrole nitrogens is 2. The highest BCUT2D eigenvalue weighted by Crippen LogP contribution is 2.36. The average Bonchev–Trinajstić information content (AvgIpc) is 3.88. The highest BCUT2D eigenvalue weighted by molar-refractivity contribution is 6.31. The summed E-state index contributed by atoms with van der Waals surface area (Å²) in [6.07, 6.45) is 8.29. The van der Waals surface area contributed by atoms with Gasteiger partial charge in [-0.25, -0.2) is 9.97 Å². The highest BCUT2D eigenvalue weighted by Gasteiger charge is 2.26. The molecule has 0 saturated carbocycles. The number of para-hydroxylation sites is 2. The van der Waals surface area contributed by atoms with E-state index < -0.39 is 0 Å². The van der Waals surface area contributed by atoms with Gasteiger partial charge in [0.05, 0.1) is 30.0 Å². The molecule has 8 aromatic rings.